The van der Waals surface area contributed by atoms with Crippen LogP contribution in [0.1, 0.15) is 55.1 Å². The lowest BCUT2D eigenvalue weighted by molar-refractivity contribution is 0.0524. The van der Waals surface area contributed by atoms with E-state index in [9.17, 15) is 4.79 Å². The highest BCUT2D eigenvalue weighted by Crippen LogP contribution is 2.19. The Hall–Kier alpha value is -1.62. The van der Waals surface area contributed by atoms with E-state index in [2.05, 4.69) is 16.5 Å². The average molecular weight is 291 g/mol. The Labute approximate surface area is 126 Å². The molecule has 0 bridgehead atoms. The molecular formula is C16H25N3O2. The van der Waals surface area contributed by atoms with Gasteiger partial charge in [0.1, 0.15) is 5.56 Å². The lowest BCUT2D eigenvalue weighted by Crippen LogP contribution is -2.20. The molecule has 5 heteroatoms. The second-order valence-electron chi connectivity index (χ2n) is 5.38. The fraction of sp³-hybridized carbons (Fsp3) is 0.625. The molecule has 1 heterocycles. The number of ether oxygens (including phenoxy) is 1. The Kier molecular flexibility index (Phi) is 5.99. The molecule has 116 valence electrons. The van der Waals surface area contributed by atoms with Crippen molar-refractivity contribution in [3.63, 3.8) is 0 Å². The summed E-state index contributed by atoms with van der Waals surface area (Å²) >= 11 is 0. The molecule has 1 N–H and O–H groups in total. The Morgan fingerprint density at radius 1 is 1.48 bits per heavy atom. The van der Waals surface area contributed by atoms with Gasteiger partial charge in [0.05, 0.1) is 18.5 Å². The van der Waals surface area contributed by atoms with Gasteiger partial charge in [-0.25, -0.2) is 4.79 Å². The number of carbonyl (C=O) groups is 1. The van der Waals surface area contributed by atoms with Gasteiger partial charge in [0, 0.05) is 13.6 Å². The van der Waals surface area contributed by atoms with Crippen LogP contribution in [0.4, 0.5) is 0 Å². The molecule has 0 unspecified atom stereocenters. The molecule has 0 amide bonds. The van der Waals surface area contributed by atoms with Gasteiger partial charge in [0.2, 0.25) is 0 Å². The zero-order chi connectivity index (χ0) is 15.1. The smallest absolute Gasteiger partial charge is 0.341 e. The summed E-state index contributed by atoms with van der Waals surface area (Å²) in [6, 6.07) is 0. The predicted molar refractivity (Wildman–Crippen MR) is 82.0 cm³/mol. The highest BCUT2D eigenvalue weighted by atomic mass is 16.5. The van der Waals surface area contributed by atoms with Gasteiger partial charge in [0.25, 0.3) is 0 Å². The normalized spacial score (nSPS) is 14.9. The molecule has 21 heavy (non-hydrogen) atoms. The van der Waals surface area contributed by atoms with Gasteiger partial charge in [-0.15, -0.1) is 0 Å². The Morgan fingerprint density at radius 3 is 3.05 bits per heavy atom. The molecule has 0 radical (unpaired) electrons. The lowest BCUT2D eigenvalue weighted by atomic mass is 9.97. The highest BCUT2D eigenvalue weighted by Gasteiger charge is 2.16. The molecule has 5 nitrogen and oxygen atoms in total. The summed E-state index contributed by atoms with van der Waals surface area (Å²) in [5.41, 5.74) is 3.00. The number of nitrogens with zero attached hydrogens (tertiary/aromatic N) is 2. The number of allylic oxidation sites excluding steroid dienone is 1. The van der Waals surface area contributed by atoms with Crippen molar-refractivity contribution in [2.45, 2.75) is 45.6 Å². The van der Waals surface area contributed by atoms with Crippen molar-refractivity contribution in [2.24, 2.45) is 7.05 Å². The van der Waals surface area contributed by atoms with Crippen LogP contribution >= 0.6 is 0 Å². The van der Waals surface area contributed by atoms with Gasteiger partial charge >= 0.3 is 5.97 Å². The second kappa shape index (κ2) is 7.98. The molecule has 0 fully saturated rings. The first-order chi connectivity index (χ1) is 10.2. The molecule has 0 atom stereocenters. The first kappa shape index (κ1) is 15.8. The van der Waals surface area contributed by atoms with E-state index in [4.69, 9.17) is 4.74 Å². The van der Waals surface area contributed by atoms with Crippen LogP contribution in [0.2, 0.25) is 0 Å². The van der Waals surface area contributed by atoms with E-state index in [1.54, 1.807) is 16.5 Å². The van der Waals surface area contributed by atoms with Crippen molar-refractivity contribution < 1.29 is 9.53 Å². The standard InChI is InChI=1S/C16H25N3O2/c1-3-21-16(20)14-11-18-19(2)15(14)12-17-10-9-13-7-5-4-6-8-13/h7,11,17H,3-6,8-10,12H2,1-2H3. The number of nitrogens with one attached hydrogen (secondary N) is 1. The van der Waals surface area contributed by atoms with E-state index in [1.807, 2.05) is 14.0 Å². The molecular weight excluding hydrogens is 266 g/mol. The fourth-order valence-electron chi connectivity index (χ4n) is 2.64. The SMILES string of the molecule is CCOC(=O)c1cnn(C)c1CNCCC1=CCCCC1. The number of rotatable bonds is 7. The molecule has 0 aliphatic heterocycles. The van der Waals surface area contributed by atoms with Crippen LogP contribution < -0.4 is 5.32 Å². The van der Waals surface area contributed by atoms with Crippen molar-refractivity contribution in [1.29, 1.82) is 0 Å². The van der Waals surface area contributed by atoms with Gasteiger partial charge in [-0.3, -0.25) is 4.68 Å². The van der Waals surface area contributed by atoms with Gasteiger partial charge in [0.15, 0.2) is 0 Å². The molecule has 1 aromatic rings. The topological polar surface area (TPSA) is 56.1 Å². The summed E-state index contributed by atoms with van der Waals surface area (Å²) < 4.78 is 6.79. The minimum atomic E-state index is -0.294. The van der Waals surface area contributed by atoms with Crippen molar-refractivity contribution in [2.75, 3.05) is 13.2 Å². The van der Waals surface area contributed by atoms with E-state index in [1.165, 1.54) is 25.7 Å². The van der Waals surface area contributed by atoms with Crippen LogP contribution in [0, 0.1) is 0 Å². The Balaban J connectivity index is 1.83. The van der Waals surface area contributed by atoms with Crippen LogP contribution in [0.5, 0.6) is 0 Å². The molecule has 0 spiro atoms. The maximum atomic E-state index is 11.8. The largest absolute Gasteiger partial charge is 0.462 e. The highest BCUT2D eigenvalue weighted by molar-refractivity contribution is 5.90. The monoisotopic (exact) mass is 291 g/mol. The molecule has 0 aromatic carbocycles. The summed E-state index contributed by atoms with van der Waals surface area (Å²) in [5.74, 6) is -0.294. The summed E-state index contributed by atoms with van der Waals surface area (Å²) in [7, 11) is 1.85. The van der Waals surface area contributed by atoms with E-state index in [0.29, 0.717) is 18.7 Å². The van der Waals surface area contributed by atoms with Crippen LogP contribution in [-0.2, 0) is 18.3 Å². The third-order valence-electron chi connectivity index (χ3n) is 3.86. The molecule has 1 aromatic heterocycles. The summed E-state index contributed by atoms with van der Waals surface area (Å²) in [4.78, 5) is 11.8. The van der Waals surface area contributed by atoms with E-state index in [0.717, 1.165) is 18.7 Å². The second-order valence-corrected chi connectivity index (χ2v) is 5.38. The molecule has 0 saturated carbocycles. The maximum absolute atomic E-state index is 11.8. The number of hydrogen-bond acceptors (Lipinski definition) is 4. The number of aryl methyl sites for hydroxylation is 1. The van der Waals surface area contributed by atoms with Crippen molar-refractivity contribution in [1.82, 2.24) is 15.1 Å². The van der Waals surface area contributed by atoms with Gasteiger partial charge in [-0.1, -0.05) is 11.6 Å². The zero-order valence-electron chi connectivity index (χ0n) is 13.0. The molecule has 0 saturated heterocycles. The van der Waals surface area contributed by atoms with E-state index >= 15 is 0 Å². The van der Waals surface area contributed by atoms with Crippen LogP contribution in [-0.4, -0.2) is 28.9 Å². The minimum absolute atomic E-state index is 0.294. The van der Waals surface area contributed by atoms with Crippen molar-refractivity contribution in [3.05, 3.63) is 29.1 Å². The van der Waals surface area contributed by atoms with Gasteiger partial charge in [-0.2, -0.15) is 5.10 Å². The third kappa shape index (κ3) is 4.43. The fourth-order valence-corrected chi connectivity index (χ4v) is 2.64. The lowest BCUT2D eigenvalue weighted by Gasteiger charge is -2.13. The molecule has 1 aliphatic rings. The van der Waals surface area contributed by atoms with E-state index < -0.39 is 0 Å². The first-order valence-corrected chi connectivity index (χ1v) is 7.79. The van der Waals surface area contributed by atoms with Gasteiger partial charge in [-0.05, 0) is 45.6 Å². The van der Waals surface area contributed by atoms with E-state index in [-0.39, 0.29) is 5.97 Å². The van der Waals surface area contributed by atoms with Crippen LogP contribution in [0.25, 0.3) is 0 Å². The van der Waals surface area contributed by atoms with Crippen LogP contribution in [0.3, 0.4) is 0 Å². The number of carbonyl (C=O) groups excluding carboxylic acids is 1. The zero-order valence-corrected chi connectivity index (χ0v) is 13.0. The third-order valence-corrected chi connectivity index (χ3v) is 3.86. The minimum Gasteiger partial charge on any atom is -0.462 e. The summed E-state index contributed by atoms with van der Waals surface area (Å²) in [5, 5.41) is 7.56. The first-order valence-electron chi connectivity index (χ1n) is 7.79. The summed E-state index contributed by atoms with van der Waals surface area (Å²) in [6.45, 7) is 3.76. The molecule has 1 aliphatic carbocycles. The summed E-state index contributed by atoms with van der Waals surface area (Å²) in [6.07, 6.45) is 10.2. The van der Waals surface area contributed by atoms with Crippen molar-refractivity contribution in [3.8, 4) is 0 Å². The quantitative estimate of drug-likeness (QED) is 0.476. The molecule has 2 rings (SSSR count). The number of esters is 1. The predicted octanol–water partition coefficient (Wildman–Crippen LogP) is 2.58. The average Bonchev–Trinajstić information content (AvgIpc) is 2.86. The van der Waals surface area contributed by atoms with Crippen molar-refractivity contribution >= 4 is 5.97 Å². The Bertz CT molecular complexity index is 506. The number of aromatic nitrogens is 2. The van der Waals surface area contributed by atoms with Gasteiger partial charge < -0.3 is 10.1 Å². The Morgan fingerprint density at radius 2 is 2.33 bits per heavy atom. The maximum Gasteiger partial charge on any atom is 0.341 e. The van der Waals surface area contributed by atoms with Crippen LogP contribution in [0.15, 0.2) is 17.8 Å². The number of hydrogen-bond donors (Lipinski definition) is 1.